The maximum absolute atomic E-state index is 12.3. The van der Waals surface area contributed by atoms with Gasteiger partial charge < -0.3 is 19.8 Å². The highest BCUT2D eigenvalue weighted by atomic mass is 16.5. The summed E-state index contributed by atoms with van der Waals surface area (Å²) in [5, 5.41) is 18.9. The molecule has 0 radical (unpaired) electrons. The van der Waals surface area contributed by atoms with Crippen molar-refractivity contribution < 1.29 is 19.7 Å². The number of pyridine rings is 1. The number of carbonyl (C=O) groups is 1. The fourth-order valence-electron chi connectivity index (χ4n) is 2.21. The van der Waals surface area contributed by atoms with Gasteiger partial charge in [0.15, 0.2) is 0 Å². The molecule has 2 heterocycles. The van der Waals surface area contributed by atoms with E-state index in [1.807, 2.05) is 0 Å². The van der Waals surface area contributed by atoms with Gasteiger partial charge in [0.2, 0.25) is 5.88 Å². The van der Waals surface area contributed by atoms with Gasteiger partial charge in [-0.25, -0.2) is 4.98 Å². The minimum Gasteiger partial charge on any atom is -0.481 e. The van der Waals surface area contributed by atoms with Crippen LogP contribution in [0.1, 0.15) is 16.8 Å². The molecule has 1 aliphatic heterocycles. The highest BCUT2D eigenvalue weighted by Crippen LogP contribution is 2.20. The van der Waals surface area contributed by atoms with Crippen LogP contribution in [0.5, 0.6) is 5.88 Å². The Morgan fingerprint density at radius 2 is 2.42 bits per heavy atom. The third kappa shape index (κ3) is 3.02. The third-order valence-corrected chi connectivity index (χ3v) is 3.43. The van der Waals surface area contributed by atoms with E-state index in [9.17, 15) is 9.90 Å². The van der Waals surface area contributed by atoms with E-state index < -0.39 is 6.10 Å². The van der Waals surface area contributed by atoms with E-state index in [1.54, 1.807) is 17.0 Å². The largest absolute Gasteiger partial charge is 0.481 e. The predicted molar refractivity (Wildman–Crippen MR) is 67.9 cm³/mol. The van der Waals surface area contributed by atoms with Crippen molar-refractivity contribution in [1.82, 2.24) is 9.88 Å². The molecule has 1 amide bonds. The maximum atomic E-state index is 12.3. The third-order valence-electron chi connectivity index (χ3n) is 3.43. The number of hydrogen-bond acceptors (Lipinski definition) is 5. The Morgan fingerprint density at radius 1 is 1.63 bits per heavy atom. The van der Waals surface area contributed by atoms with E-state index in [0.717, 1.165) is 0 Å². The molecule has 104 valence electrons. The van der Waals surface area contributed by atoms with Gasteiger partial charge in [-0.3, -0.25) is 4.79 Å². The van der Waals surface area contributed by atoms with Crippen LogP contribution in [0.2, 0.25) is 0 Å². The predicted octanol–water partition coefficient (Wildman–Crippen LogP) is -0.0945. The smallest absolute Gasteiger partial charge is 0.254 e. The molecule has 1 aliphatic rings. The van der Waals surface area contributed by atoms with Crippen molar-refractivity contribution in [2.45, 2.75) is 12.5 Å². The molecule has 6 heteroatoms. The Hall–Kier alpha value is -1.66. The lowest BCUT2D eigenvalue weighted by molar-refractivity contribution is 0.000864. The maximum Gasteiger partial charge on any atom is 0.254 e. The van der Waals surface area contributed by atoms with E-state index in [0.29, 0.717) is 24.4 Å². The number of aliphatic hydroxyl groups is 2. The van der Waals surface area contributed by atoms with Crippen LogP contribution >= 0.6 is 0 Å². The number of ether oxygens (including phenoxy) is 1. The molecule has 1 saturated heterocycles. The van der Waals surface area contributed by atoms with Crippen molar-refractivity contribution in [1.29, 1.82) is 0 Å². The van der Waals surface area contributed by atoms with Gasteiger partial charge in [0.1, 0.15) is 0 Å². The van der Waals surface area contributed by atoms with Gasteiger partial charge in [-0.05, 0) is 12.5 Å². The number of amides is 1. The van der Waals surface area contributed by atoms with Crippen LogP contribution in [-0.2, 0) is 0 Å². The van der Waals surface area contributed by atoms with Crippen LogP contribution in [-0.4, -0.2) is 58.9 Å². The monoisotopic (exact) mass is 266 g/mol. The molecule has 6 nitrogen and oxygen atoms in total. The molecule has 2 rings (SSSR count). The normalized spacial score (nSPS) is 23.2. The lowest BCUT2D eigenvalue weighted by Gasteiger charge is -2.35. The SMILES string of the molecule is COc1cc(C(=O)N2CC[C@H](CO)[C@H](O)C2)ccn1. The summed E-state index contributed by atoms with van der Waals surface area (Å²) in [6, 6.07) is 3.20. The van der Waals surface area contributed by atoms with Crippen molar-refractivity contribution >= 4 is 5.91 Å². The standard InChI is InChI=1S/C13H18N2O4/c1-19-12-6-9(2-4-14-12)13(18)15-5-3-10(8-16)11(17)7-15/h2,4,6,10-11,16-17H,3,5,7-8H2,1H3/t10-,11-/m1/s1. The Morgan fingerprint density at radius 3 is 3.05 bits per heavy atom. The average molecular weight is 266 g/mol. The van der Waals surface area contributed by atoms with Crippen LogP contribution in [0.3, 0.4) is 0 Å². The zero-order chi connectivity index (χ0) is 13.8. The van der Waals surface area contributed by atoms with Crippen molar-refractivity contribution in [3.63, 3.8) is 0 Å². The summed E-state index contributed by atoms with van der Waals surface area (Å²) < 4.78 is 4.98. The molecule has 0 saturated carbocycles. The van der Waals surface area contributed by atoms with E-state index in [2.05, 4.69) is 4.98 Å². The Balaban J connectivity index is 2.07. The first-order valence-electron chi connectivity index (χ1n) is 6.24. The summed E-state index contributed by atoms with van der Waals surface area (Å²) >= 11 is 0. The van der Waals surface area contributed by atoms with Crippen LogP contribution < -0.4 is 4.74 Å². The van der Waals surface area contributed by atoms with E-state index >= 15 is 0 Å². The average Bonchev–Trinajstić information content (AvgIpc) is 2.46. The molecule has 0 bridgehead atoms. The molecule has 1 fully saturated rings. The van der Waals surface area contributed by atoms with Crippen molar-refractivity contribution in [2.75, 3.05) is 26.8 Å². The second-order valence-electron chi connectivity index (χ2n) is 4.64. The van der Waals surface area contributed by atoms with E-state index in [-0.39, 0.29) is 25.0 Å². The number of hydrogen-bond donors (Lipinski definition) is 2. The summed E-state index contributed by atoms with van der Waals surface area (Å²) in [6.45, 7) is 0.729. The Bertz CT molecular complexity index is 452. The van der Waals surface area contributed by atoms with Crippen molar-refractivity contribution in [3.05, 3.63) is 23.9 Å². The van der Waals surface area contributed by atoms with Crippen LogP contribution in [0.15, 0.2) is 18.3 Å². The van der Waals surface area contributed by atoms with E-state index in [1.165, 1.54) is 13.3 Å². The van der Waals surface area contributed by atoms with Crippen molar-refractivity contribution in [2.24, 2.45) is 5.92 Å². The van der Waals surface area contributed by atoms with Gasteiger partial charge in [0.05, 0.1) is 13.2 Å². The van der Waals surface area contributed by atoms with Gasteiger partial charge in [-0.15, -0.1) is 0 Å². The number of nitrogens with zero attached hydrogens (tertiary/aromatic N) is 2. The number of rotatable bonds is 3. The highest BCUT2D eigenvalue weighted by Gasteiger charge is 2.30. The minimum absolute atomic E-state index is 0.0493. The molecule has 1 aromatic rings. The Kier molecular flexibility index (Phi) is 4.34. The lowest BCUT2D eigenvalue weighted by atomic mass is 9.94. The minimum atomic E-state index is -0.675. The van der Waals surface area contributed by atoms with Crippen LogP contribution in [0.25, 0.3) is 0 Å². The molecule has 0 aromatic carbocycles. The zero-order valence-electron chi connectivity index (χ0n) is 10.8. The van der Waals surface area contributed by atoms with Gasteiger partial charge in [-0.1, -0.05) is 0 Å². The molecule has 2 N–H and O–H groups in total. The second kappa shape index (κ2) is 5.99. The molecule has 19 heavy (non-hydrogen) atoms. The van der Waals surface area contributed by atoms with Crippen LogP contribution in [0, 0.1) is 5.92 Å². The summed E-state index contributed by atoms with van der Waals surface area (Å²) in [6.07, 6.45) is 1.45. The van der Waals surface area contributed by atoms with Crippen molar-refractivity contribution in [3.8, 4) is 5.88 Å². The lowest BCUT2D eigenvalue weighted by Crippen LogP contribution is -2.47. The van der Waals surface area contributed by atoms with Gasteiger partial charge in [0.25, 0.3) is 5.91 Å². The number of aromatic nitrogens is 1. The number of methoxy groups -OCH3 is 1. The molecule has 0 spiro atoms. The molecule has 0 aliphatic carbocycles. The number of β-amino-alcohol motifs (C(OH)–C–C–N with tert-alkyl or cyclic N) is 1. The molecular weight excluding hydrogens is 248 g/mol. The quantitative estimate of drug-likeness (QED) is 0.798. The van der Waals surface area contributed by atoms with Gasteiger partial charge >= 0.3 is 0 Å². The zero-order valence-corrected chi connectivity index (χ0v) is 10.8. The molecule has 1 aromatic heterocycles. The van der Waals surface area contributed by atoms with Crippen LogP contribution in [0.4, 0.5) is 0 Å². The van der Waals surface area contributed by atoms with E-state index in [4.69, 9.17) is 9.84 Å². The molecule has 2 atom stereocenters. The fraction of sp³-hybridized carbons (Fsp3) is 0.538. The number of likely N-dealkylation sites (tertiary alicyclic amines) is 1. The summed E-state index contributed by atoms with van der Waals surface area (Å²) in [5.74, 6) is 0.0869. The topological polar surface area (TPSA) is 82.9 Å². The second-order valence-corrected chi connectivity index (χ2v) is 4.64. The van der Waals surface area contributed by atoms with Gasteiger partial charge in [0, 0.05) is 43.4 Å². The fourth-order valence-corrected chi connectivity index (χ4v) is 2.21. The first-order valence-corrected chi connectivity index (χ1v) is 6.24. The highest BCUT2D eigenvalue weighted by molar-refractivity contribution is 5.94. The van der Waals surface area contributed by atoms with Gasteiger partial charge in [-0.2, -0.15) is 0 Å². The number of carbonyl (C=O) groups excluding carboxylic acids is 1. The molecular formula is C13H18N2O4. The summed E-state index contributed by atoms with van der Waals surface area (Å²) in [7, 11) is 1.49. The first kappa shape index (κ1) is 13.8. The summed E-state index contributed by atoms with van der Waals surface area (Å²) in [5.41, 5.74) is 0.487. The first-order chi connectivity index (χ1) is 9.15. The number of piperidine rings is 1. The number of aliphatic hydroxyl groups excluding tert-OH is 2. The molecule has 0 unspecified atom stereocenters. The Labute approximate surface area is 111 Å². The summed E-state index contributed by atoms with van der Waals surface area (Å²) in [4.78, 5) is 17.8.